The van der Waals surface area contributed by atoms with Gasteiger partial charge in [-0.1, -0.05) is 24.1 Å². The number of carbonyl (C=O) groups is 1. The number of halogens is 2. The van der Waals surface area contributed by atoms with Crippen molar-refractivity contribution in [3.8, 4) is 0 Å². The molecule has 1 saturated carbocycles. The van der Waals surface area contributed by atoms with E-state index in [9.17, 15) is 4.79 Å². The lowest BCUT2D eigenvalue weighted by atomic mass is 9.94. The average Bonchev–Trinajstić information content (AvgIpc) is 2.87. The van der Waals surface area contributed by atoms with Crippen molar-refractivity contribution >= 4 is 35.6 Å². The molecule has 112 valence electrons. The van der Waals surface area contributed by atoms with Crippen LogP contribution in [0.25, 0.3) is 0 Å². The molecule has 0 bridgehead atoms. The monoisotopic (exact) mass is 316 g/mol. The highest BCUT2D eigenvalue weighted by molar-refractivity contribution is 6.30. The third kappa shape index (κ3) is 3.66. The minimum absolute atomic E-state index is 0. The summed E-state index contributed by atoms with van der Waals surface area (Å²) in [5, 5.41) is 0.658. The predicted molar refractivity (Wildman–Crippen MR) is 86.6 cm³/mol. The summed E-state index contributed by atoms with van der Waals surface area (Å²) in [6, 6.07) is 7.47. The molecule has 1 aliphatic rings. The molecule has 0 aliphatic heterocycles. The second-order valence-electron chi connectivity index (χ2n) is 5.10. The lowest BCUT2D eigenvalue weighted by Gasteiger charge is -2.27. The second kappa shape index (κ2) is 7.87. The molecule has 0 spiro atoms. The Bertz CT molecular complexity index is 453. The standard InChI is InChI=1S/C15H21ClN2O.ClH/c1-2-18(13-7-4-6-12(16)9-13)15(19)14-8-3-5-11(14)10-17;/h4,6-7,9,11,14H,2-3,5,8,10,17H2,1H3;1H/t11-,14-;/m1./s1. The molecule has 0 heterocycles. The van der Waals surface area contributed by atoms with E-state index in [0.29, 0.717) is 24.0 Å². The first-order valence-corrected chi connectivity index (χ1v) is 7.32. The van der Waals surface area contributed by atoms with Crippen LogP contribution in [0, 0.1) is 11.8 Å². The maximum atomic E-state index is 12.7. The quantitative estimate of drug-likeness (QED) is 0.924. The van der Waals surface area contributed by atoms with Crippen LogP contribution in [-0.2, 0) is 4.79 Å². The maximum absolute atomic E-state index is 12.7. The van der Waals surface area contributed by atoms with Gasteiger partial charge in [-0.2, -0.15) is 0 Å². The predicted octanol–water partition coefficient (Wildman–Crippen LogP) is 3.49. The number of carbonyl (C=O) groups excluding carboxylic acids is 1. The van der Waals surface area contributed by atoms with E-state index in [1.54, 1.807) is 0 Å². The van der Waals surface area contributed by atoms with Gasteiger partial charge in [0.15, 0.2) is 0 Å². The van der Waals surface area contributed by atoms with Gasteiger partial charge in [-0.25, -0.2) is 0 Å². The third-order valence-corrected chi connectivity index (χ3v) is 4.22. The molecular formula is C15H22Cl2N2O. The number of nitrogens with two attached hydrogens (primary N) is 1. The van der Waals surface area contributed by atoms with E-state index < -0.39 is 0 Å². The molecular weight excluding hydrogens is 295 g/mol. The molecule has 5 heteroatoms. The number of anilines is 1. The highest BCUT2D eigenvalue weighted by Gasteiger charge is 2.34. The number of rotatable bonds is 4. The first-order valence-electron chi connectivity index (χ1n) is 6.94. The molecule has 2 N–H and O–H groups in total. The molecule has 1 aromatic carbocycles. The van der Waals surface area contributed by atoms with Crippen molar-refractivity contribution in [2.75, 3.05) is 18.0 Å². The Balaban J connectivity index is 0.00000200. The lowest BCUT2D eigenvalue weighted by molar-refractivity contribution is -0.123. The largest absolute Gasteiger partial charge is 0.330 e. The SMILES string of the molecule is CCN(C(=O)[C@@H]1CCC[C@@H]1CN)c1cccc(Cl)c1.Cl. The van der Waals surface area contributed by atoms with Crippen LogP contribution in [0.2, 0.25) is 5.02 Å². The summed E-state index contributed by atoms with van der Waals surface area (Å²) in [5.41, 5.74) is 6.65. The number of hydrogen-bond donors (Lipinski definition) is 1. The van der Waals surface area contributed by atoms with E-state index in [2.05, 4.69) is 0 Å². The Kier molecular flexibility index (Phi) is 6.80. The van der Waals surface area contributed by atoms with Crippen LogP contribution in [0.4, 0.5) is 5.69 Å². The molecule has 2 atom stereocenters. The average molecular weight is 317 g/mol. The van der Waals surface area contributed by atoms with Gasteiger partial charge in [-0.3, -0.25) is 4.79 Å². The molecule has 0 aromatic heterocycles. The fourth-order valence-corrected chi connectivity index (χ4v) is 3.14. The van der Waals surface area contributed by atoms with Crippen molar-refractivity contribution < 1.29 is 4.79 Å². The minimum atomic E-state index is 0. The molecule has 0 radical (unpaired) electrons. The van der Waals surface area contributed by atoms with Gasteiger partial charge >= 0.3 is 0 Å². The van der Waals surface area contributed by atoms with Crippen molar-refractivity contribution in [3.63, 3.8) is 0 Å². The Morgan fingerprint density at radius 2 is 2.20 bits per heavy atom. The van der Waals surface area contributed by atoms with Crippen LogP contribution >= 0.6 is 24.0 Å². The zero-order valence-corrected chi connectivity index (χ0v) is 13.3. The summed E-state index contributed by atoms with van der Waals surface area (Å²) in [5.74, 6) is 0.599. The third-order valence-electron chi connectivity index (χ3n) is 3.98. The Morgan fingerprint density at radius 3 is 2.80 bits per heavy atom. The zero-order chi connectivity index (χ0) is 13.8. The van der Waals surface area contributed by atoms with Crippen LogP contribution in [0.5, 0.6) is 0 Å². The van der Waals surface area contributed by atoms with E-state index in [-0.39, 0.29) is 24.2 Å². The molecule has 2 rings (SSSR count). The van der Waals surface area contributed by atoms with Crippen molar-refractivity contribution in [1.29, 1.82) is 0 Å². The van der Waals surface area contributed by atoms with Gasteiger partial charge < -0.3 is 10.6 Å². The normalized spacial score (nSPS) is 21.4. The summed E-state index contributed by atoms with van der Waals surface area (Å²) in [6.07, 6.45) is 3.13. The molecule has 3 nitrogen and oxygen atoms in total. The molecule has 0 unspecified atom stereocenters. The first kappa shape index (κ1) is 17.3. The van der Waals surface area contributed by atoms with Crippen LogP contribution < -0.4 is 10.6 Å². The molecule has 20 heavy (non-hydrogen) atoms. The van der Waals surface area contributed by atoms with Gasteiger partial charge in [-0.05, 0) is 50.4 Å². The summed E-state index contributed by atoms with van der Waals surface area (Å²) >= 11 is 6.01. The minimum Gasteiger partial charge on any atom is -0.330 e. The van der Waals surface area contributed by atoms with E-state index in [1.165, 1.54) is 0 Å². The topological polar surface area (TPSA) is 46.3 Å². The fraction of sp³-hybridized carbons (Fsp3) is 0.533. The van der Waals surface area contributed by atoms with Crippen molar-refractivity contribution in [3.05, 3.63) is 29.3 Å². The van der Waals surface area contributed by atoms with E-state index in [1.807, 2.05) is 36.1 Å². The van der Waals surface area contributed by atoms with Gasteiger partial charge in [0, 0.05) is 23.2 Å². The Morgan fingerprint density at radius 1 is 1.45 bits per heavy atom. The summed E-state index contributed by atoms with van der Waals surface area (Å²) < 4.78 is 0. The molecule has 1 fully saturated rings. The molecule has 1 aromatic rings. The zero-order valence-electron chi connectivity index (χ0n) is 11.7. The molecule has 1 amide bonds. The van der Waals surface area contributed by atoms with Crippen LogP contribution in [0.3, 0.4) is 0 Å². The summed E-state index contributed by atoms with van der Waals surface area (Å²) in [7, 11) is 0. The Labute approximate surface area is 131 Å². The number of nitrogens with zero attached hydrogens (tertiary/aromatic N) is 1. The van der Waals surface area contributed by atoms with Gasteiger partial charge in [-0.15, -0.1) is 12.4 Å². The highest BCUT2D eigenvalue weighted by Crippen LogP contribution is 2.33. The van der Waals surface area contributed by atoms with Crippen LogP contribution in [0.15, 0.2) is 24.3 Å². The van der Waals surface area contributed by atoms with Crippen molar-refractivity contribution in [2.24, 2.45) is 17.6 Å². The summed E-state index contributed by atoms with van der Waals surface area (Å²) in [4.78, 5) is 14.5. The lowest BCUT2D eigenvalue weighted by Crippen LogP contribution is -2.39. The van der Waals surface area contributed by atoms with Crippen molar-refractivity contribution in [2.45, 2.75) is 26.2 Å². The van der Waals surface area contributed by atoms with Crippen molar-refractivity contribution in [1.82, 2.24) is 0 Å². The van der Waals surface area contributed by atoms with Gasteiger partial charge in [0.1, 0.15) is 0 Å². The number of benzene rings is 1. The van der Waals surface area contributed by atoms with Gasteiger partial charge in [0.25, 0.3) is 0 Å². The Hall–Kier alpha value is -0.770. The van der Waals surface area contributed by atoms with Gasteiger partial charge in [0.2, 0.25) is 5.91 Å². The number of amides is 1. The summed E-state index contributed by atoms with van der Waals surface area (Å²) in [6.45, 7) is 3.25. The smallest absolute Gasteiger partial charge is 0.230 e. The second-order valence-corrected chi connectivity index (χ2v) is 5.53. The fourth-order valence-electron chi connectivity index (χ4n) is 2.95. The van der Waals surface area contributed by atoms with E-state index in [4.69, 9.17) is 17.3 Å². The molecule has 1 aliphatic carbocycles. The van der Waals surface area contributed by atoms with Gasteiger partial charge in [0.05, 0.1) is 0 Å². The maximum Gasteiger partial charge on any atom is 0.230 e. The van der Waals surface area contributed by atoms with E-state index in [0.717, 1.165) is 24.9 Å². The first-order chi connectivity index (χ1) is 9.17. The number of hydrogen-bond acceptors (Lipinski definition) is 2. The molecule has 0 saturated heterocycles. The highest BCUT2D eigenvalue weighted by atomic mass is 35.5. The van der Waals surface area contributed by atoms with Crippen LogP contribution in [-0.4, -0.2) is 19.0 Å². The van der Waals surface area contributed by atoms with E-state index >= 15 is 0 Å². The van der Waals surface area contributed by atoms with Crippen LogP contribution in [0.1, 0.15) is 26.2 Å².